The van der Waals surface area contributed by atoms with Gasteiger partial charge in [0.1, 0.15) is 17.2 Å². The lowest BCUT2D eigenvalue weighted by Crippen LogP contribution is -2.44. The molecule has 0 aromatic heterocycles. The highest BCUT2D eigenvalue weighted by molar-refractivity contribution is 6.40. The van der Waals surface area contributed by atoms with Crippen molar-refractivity contribution in [1.82, 2.24) is 5.32 Å². The largest absolute Gasteiger partial charge is 0.495 e. The Morgan fingerprint density at radius 3 is 2.48 bits per heavy atom. The highest BCUT2D eigenvalue weighted by Gasteiger charge is 2.30. The van der Waals surface area contributed by atoms with E-state index in [2.05, 4.69) is 10.6 Å². The topological polar surface area (TPSA) is 76.7 Å². The first-order valence-electron chi connectivity index (χ1n) is 8.03. The maximum atomic E-state index is 14.1. The minimum Gasteiger partial charge on any atom is -0.495 e. The summed E-state index contributed by atoms with van der Waals surface area (Å²) < 4.78 is 24.6. The molecule has 0 spiro atoms. The van der Waals surface area contributed by atoms with Crippen molar-refractivity contribution in [3.8, 4) is 5.75 Å². The number of halogens is 2. The average Bonchev–Trinajstić information content (AvgIpc) is 2.66. The second-order valence-corrected chi connectivity index (χ2v) is 6.33. The van der Waals surface area contributed by atoms with Crippen LogP contribution in [0, 0.1) is 5.82 Å². The maximum absolute atomic E-state index is 14.1. The molecule has 0 saturated carbocycles. The Kier molecular flexibility index (Phi) is 6.76. The van der Waals surface area contributed by atoms with Gasteiger partial charge in [-0.3, -0.25) is 9.59 Å². The third-order valence-corrected chi connectivity index (χ3v) is 4.33. The first kappa shape index (κ1) is 20.7. The normalized spacial score (nSPS) is 12.8. The fourth-order valence-electron chi connectivity index (χ4n) is 2.45. The van der Waals surface area contributed by atoms with Crippen LogP contribution in [0.3, 0.4) is 0 Å². The van der Waals surface area contributed by atoms with Gasteiger partial charge in [0.25, 0.3) is 0 Å². The Morgan fingerprint density at radius 2 is 1.85 bits per heavy atom. The van der Waals surface area contributed by atoms with Crippen molar-refractivity contribution in [3.63, 3.8) is 0 Å². The van der Waals surface area contributed by atoms with Crippen LogP contribution >= 0.6 is 11.6 Å². The quantitative estimate of drug-likeness (QED) is 0.738. The fraction of sp³-hybridized carbons (Fsp3) is 0.263. The van der Waals surface area contributed by atoms with Crippen LogP contribution in [0.15, 0.2) is 42.5 Å². The molecule has 8 heteroatoms. The third kappa shape index (κ3) is 4.96. The molecule has 27 heavy (non-hydrogen) atoms. The number of ether oxygens (including phenoxy) is 2. The zero-order chi connectivity index (χ0) is 20.0. The number of hydrogen-bond acceptors (Lipinski definition) is 4. The Balaban J connectivity index is 2.07. The molecular weight excluding hydrogens is 375 g/mol. The Labute approximate surface area is 161 Å². The van der Waals surface area contributed by atoms with Gasteiger partial charge in [-0.2, -0.15) is 0 Å². The van der Waals surface area contributed by atoms with Crippen molar-refractivity contribution in [3.05, 3.63) is 58.9 Å². The first-order valence-corrected chi connectivity index (χ1v) is 8.41. The summed E-state index contributed by atoms with van der Waals surface area (Å²) in [6.45, 7) is 1.51. The minimum atomic E-state index is -1.14. The third-order valence-electron chi connectivity index (χ3n) is 4.10. The average molecular weight is 395 g/mol. The molecule has 2 aromatic carbocycles. The van der Waals surface area contributed by atoms with Gasteiger partial charge < -0.3 is 20.1 Å². The maximum Gasteiger partial charge on any atom is 0.313 e. The van der Waals surface area contributed by atoms with E-state index in [1.807, 2.05) is 0 Å². The molecule has 0 aliphatic heterocycles. The molecule has 6 nitrogen and oxygen atoms in total. The second-order valence-electron chi connectivity index (χ2n) is 5.90. The molecule has 2 amide bonds. The van der Waals surface area contributed by atoms with Gasteiger partial charge in [0.2, 0.25) is 0 Å². The van der Waals surface area contributed by atoms with Crippen molar-refractivity contribution in [2.75, 3.05) is 26.1 Å². The molecule has 144 valence electrons. The summed E-state index contributed by atoms with van der Waals surface area (Å²) in [5.41, 5.74) is -0.617. The Morgan fingerprint density at radius 1 is 1.15 bits per heavy atom. The number of anilines is 1. The van der Waals surface area contributed by atoms with E-state index in [1.54, 1.807) is 37.3 Å². The summed E-state index contributed by atoms with van der Waals surface area (Å²) in [5, 5.41) is 5.26. The summed E-state index contributed by atoms with van der Waals surface area (Å²) in [6, 6.07) is 10.7. The van der Waals surface area contributed by atoms with E-state index < -0.39 is 23.2 Å². The van der Waals surface area contributed by atoms with Crippen molar-refractivity contribution in [1.29, 1.82) is 0 Å². The summed E-state index contributed by atoms with van der Waals surface area (Å²) in [5.74, 6) is -1.93. The highest BCUT2D eigenvalue weighted by Crippen LogP contribution is 2.28. The number of rotatable bonds is 6. The van der Waals surface area contributed by atoms with E-state index in [1.165, 1.54) is 26.4 Å². The van der Waals surface area contributed by atoms with Crippen LogP contribution < -0.4 is 15.4 Å². The van der Waals surface area contributed by atoms with Crippen LogP contribution in [-0.2, 0) is 19.9 Å². The molecule has 0 radical (unpaired) electrons. The molecule has 0 aliphatic rings. The zero-order valence-electron chi connectivity index (χ0n) is 15.1. The number of carbonyl (C=O) groups is 2. The number of amides is 2. The monoisotopic (exact) mass is 394 g/mol. The smallest absolute Gasteiger partial charge is 0.313 e. The van der Waals surface area contributed by atoms with Gasteiger partial charge in [-0.25, -0.2) is 4.39 Å². The van der Waals surface area contributed by atoms with Gasteiger partial charge in [-0.05, 0) is 31.2 Å². The van der Waals surface area contributed by atoms with Crippen LogP contribution in [0.1, 0.15) is 12.5 Å². The lowest BCUT2D eigenvalue weighted by atomic mass is 9.95. The first-order chi connectivity index (χ1) is 12.8. The van der Waals surface area contributed by atoms with E-state index in [-0.39, 0.29) is 17.8 Å². The molecule has 0 aliphatic carbocycles. The van der Waals surface area contributed by atoms with Crippen LogP contribution in [0.4, 0.5) is 10.1 Å². The predicted molar refractivity (Wildman–Crippen MR) is 100 cm³/mol. The number of hydrogen-bond donors (Lipinski definition) is 2. The van der Waals surface area contributed by atoms with Gasteiger partial charge in [0, 0.05) is 17.7 Å². The summed E-state index contributed by atoms with van der Waals surface area (Å²) in [6.07, 6.45) is 0. The van der Waals surface area contributed by atoms with Gasteiger partial charge in [0.15, 0.2) is 0 Å². The van der Waals surface area contributed by atoms with Crippen molar-refractivity contribution in [2.45, 2.75) is 12.5 Å². The number of methoxy groups -OCH3 is 2. The van der Waals surface area contributed by atoms with E-state index in [4.69, 9.17) is 21.1 Å². The van der Waals surface area contributed by atoms with E-state index >= 15 is 0 Å². The van der Waals surface area contributed by atoms with E-state index in [0.29, 0.717) is 10.8 Å². The van der Waals surface area contributed by atoms with Crippen molar-refractivity contribution >= 4 is 29.1 Å². The predicted octanol–water partition coefficient (Wildman–Crippen LogP) is 3.10. The van der Waals surface area contributed by atoms with Crippen LogP contribution in [0.5, 0.6) is 5.75 Å². The fourth-order valence-corrected chi connectivity index (χ4v) is 2.63. The van der Waals surface area contributed by atoms with Crippen LogP contribution in [0.25, 0.3) is 0 Å². The second kappa shape index (κ2) is 8.83. The van der Waals surface area contributed by atoms with Gasteiger partial charge in [-0.15, -0.1) is 0 Å². The number of benzene rings is 2. The molecule has 1 atom stereocenters. The minimum absolute atomic E-state index is 0.108. The number of nitrogens with one attached hydrogen (secondary N) is 2. The molecule has 0 unspecified atom stereocenters. The van der Waals surface area contributed by atoms with Gasteiger partial charge in [-0.1, -0.05) is 29.8 Å². The highest BCUT2D eigenvalue weighted by atomic mass is 35.5. The molecule has 0 bridgehead atoms. The van der Waals surface area contributed by atoms with E-state index in [0.717, 1.165) is 0 Å². The molecular formula is C19H20ClFN2O4. The Bertz CT molecular complexity index is 846. The van der Waals surface area contributed by atoms with Crippen LogP contribution in [-0.4, -0.2) is 32.6 Å². The molecule has 0 saturated heterocycles. The lowest BCUT2D eigenvalue weighted by Gasteiger charge is -2.29. The van der Waals surface area contributed by atoms with Crippen LogP contribution in [0.2, 0.25) is 5.02 Å². The Hall–Kier alpha value is -2.64. The summed E-state index contributed by atoms with van der Waals surface area (Å²) >= 11 is 5.90. The van der Waals surface area contributed by atoms with Gasteiger partial charge >= 0.3 is 11.8 Å². The SMILES string of the molecule is COc1ccc(Cl)cc1NC(=O)C(=O)NC[C@](C)(OC)c1ccccc1F. The van der Waals surface area contributed by atoms with Gasteiger partial charge in [0.05, 0.1) is 19.3 Å². The molecule has 0 heterocycles. The summed E-state index contributed by atoms with van der Waals surface area (Å²) in [7, 11) is 2.83. The lowest BCUT2D eigenvalue weighted by molar-refractivity contribution is -0.137. The van der Waals surface area contributed by atoms with Crippen molar-refractivity contribution < 1.29 is 23.5 Å². The molecule has 2 N–H and O–H groups in total. The number of carbonyl (C=O) groups excluding carboxylic acids is 2. The van der Waals surface area contributed by atoms with E-state index in [9.17, 15) is 14.0 Å². The molecule has 2 rings (SSSR count). The zero-order valence-corrected chi connectivity index (χ0v) is 15.9. The molecule has 0 fully saturated rings. The van der Waals surface area contributed by atoms with Crippen molar-refractivity contribution in [2.24, 2.45) is 0 Å². The standard InChI is InChI=1S/C19H20ClFN2O4/c1-19(27-3,13-6-4-5-7-14(13)21)11-22-17(24)18(25)23-15-10-12(20)8-9-16(15)26-2/h4-10H,11H2,1-3H3,(H,22,24)(H,23,25)/t19-/m0/s1. The molecule has 2 aromatic rings. The summed E-state index contributed by atoms with van der Waals surface area (Å²) in [4.78, 5) is 24.3.